The Labute approximate surface area is 170 Å². The van der Waals surface area contributed by atoms with Crippen LogP contribution in [0.3, 0.4) is 0 Å². The monoisotopic (exact) mass is 391 g/mol. The fourth-order valence-electron chi connectivity index (χ4n) is 4.28. The van der Waals surface area contributed by atoms with E-state index in [-0.39, 0.29) is 11.8 Å². The lowest BCUT2D eigenvalue weighted by Gasteiger charge is -2.37. The second kappa shape index (κ2) is 8.49. The molecule has 150 valence electrons. The van der Waals surface area contributed by atoms with E-state index < -0.39 is 5.91 Å². The van der Waals surface area contributed by atoms with Gasteiger partial charge in [0.25, 0.3) is 5.91 Å². The topological polar surface area (TPSA) is 72.9 Å². The molecule has 2 aliphatic rings. The molecule has 6 nitrogen and oxygen atoms in total. The molecule has 2 amide bonds. The van der Waals surface area contributed by atoms with Crippen molar-refractivity contribution in [1.82, 2.24) is 10.4 Å². The van der Waals surface area contributed by atoms with E-state index in [1.807, 2.05) is 41.3 Å². The van der Waals surface area contributed by atoms with Crippen LogP contribution in [0.1, 0.15) is 16.7 Å². The van der Waals surface area contributed by atoms with Crippen LogP contribution in [-0.4, -0.2) is 48.1 Å². The Morgan fingerprint density at radius 1 is 0.931 bits per heavy atom. The van der Waals surface area contributed by atoms with Crippen molar-refractivity contribution < 1.29 is 14.8 Å². The number of para-hydroxylation sites is 1. The standard InChI is InChI=1S/C23H25N3O3/c27-22(24-29)10-9-17-5-3-4-8-21(17)25-11-13-26(14-12-25)23(28)20-15-18-6-1-2-7-19(18)16-20/h1-10,20,29H,11-16H2,(H,24,27). The number of carbonyl (C=O) groups is 2. The highest BCUT2D eigenvalue weighted by molar-refractivity contribution is 5.92. The van der Waals surface area contributed by atoms with Gasteiger partial charge in [0.05, 0.1) is 0 Å². The first-order chi connectivity index (χ1) is 14.2. The summed E-state index contributed by atoms with van der Waals surface area (Å²) < 4.78 is 0. The minimum Gasteiger partial charge on any atom is -0.367 e. The molecular formula is C23H25N3O3. The second-order valence-electron chi connectivity index (χ2n) is 7.55. The molecular weight excluding hydrogens is 366 g/mol. The van der Waals surface area contributed by atoms with Gasteiger partial charge < -0.3 is 9.80 Å². The molecule has 29 heavy (non-hydrogen) atoms. The summed E-state index contributed by atoms with van der Waals surface area (Å²) in [5.41, 5.74) is 6.14. The number of fused-ring (bicyclic) bond motifs is 1. The third kappa shape index (κ3) is 4.17. The average Bonchev–Trinajstić information content (AvgIpc) is 3.21. The molecule has 0 atom stereocenters. The Morgan fingerprint density at radius 3 is 2.21 bits per heavy atom. The summed E-state index contributed by atoms with van der Waals surface area (Å²) in [7, 11) is 0. The molecule has 6 heteroatoms. The van der Waals surface area contributed by atoms with E-state index in [0.29, 0.717) is 13.1 Å². The van der Waals surface area contributed by atoms with Crippen LogP contribution in [0, 0.1) is 5.92 Å². The molecule has 1 saturated heterocycles. The Bertz CT molecular complexity index is 907. The molecule has 1 heterocycles. The Kier molecular flexibility index (Phi) is 5.62. The van der Waals surface area contributed by atoms with E-state index in [4.69, 9.17) is 5.21 Å². The molecule has 0 unspecified atom stereocenters. The first kappa shape index (κ1) is 19.2. The normalized spacial score (nSPS) is 16.9. The van der Waals surface area contributed by atoms with Crippen molar-refractivity contribution in [3.8, 4) is 0 Å². The smallest absolute Gasteiger partial charge is 0.267 e. The lowest BCUT2D eigenvalue weighted by Crippen LogP contribution is -2.50. The van der Waals surface area contributed by atoms with Crippen molar-refractivity contribution >= 4 is 23.6 Å². The molecule has 2 aromatic carbocycles. The van der Waals surface area contributed by atoms with E-state index in [1.165, 1.54) is 17.2 Å². The number of rotatable bonds is 4. The largest absolute Gasteiger partial charge is 0.367 e. The third-order valence-corrected chi connectivity index (χ3v) is 5.79. The van der Waals surface area contributed by atoms with Crippen molar-refractivity contribution in [1.29, 1.82) is 0 Å². The zero-order chi connectivity index (χ0) is 20.2. The number of amides is 2. The summed E-state index contributed by atoms with van der Waals surface area (Å²) in [6.07, 6.45) is 4.68. The highest BCUT2D eigenvalue weighted by Gasteiger charge is 2.32. The summed E-state index contributed by atoms with van der Waals surface area (Å²) in [6, 6.07) is 16.2. The molecule has 1 aliphatic carbocycles. The Morgan fingerprint density at radius 2 is 1.55 bits per heavy atom. The minimum atomic E-state index is -0.562. The predicted octanol–water partition coefficient (Wildman–Crippen LogP) is 2.27. The zero-order valence-electron chi connectivity index (χ0n) is 16.3. The number of hydroxylamine groups is 1. The van der Waals surface area contributed by atoms with Crippen molar-refractivity contribution in [2.24, 2.45) is 5.92 Å². The van der Waals surface area contributed by atoms with Crippen LogP contribution in [0.25, 0.3) is 6.08 Å². The van der Waals surface area contributed by atoms with Crippen LogP contribution in [0.5, 0.6) is 0 Å². The summed E-state index contributed by atoms with van der Waals surface area (Å²) in [4.78, 5) is 28.5. The lowest BCUT2D eigenvalue weighted by molar-refractivity contribution is -0.135. The maximum Gasteiger partial charge on any atom is 0.267 e. The molecule has 2 aromatic rings. The first-order valence-corrected chi connectivity index (χ1v) is 9.97. The highest BCUT2D eigenvalue weighted by atomic mass is 16.5. The van der Waals surface area contributed by atoms with E-state index in [1.54, 1.807) is 11.6 Å². The van der Waals surface area contributed by atoms with Crippen LogP contribution < -0.4 is 10.4 Å². The first-order valence-electron chi connectivity index (χ1n) is 9.97. The van der Waals surface area contributed by atoms with Crippen molar-refractivity contribution in [2.75, 3.05) is 31.1 Å². The van der Waals surface area contributed by atoms with Gasteiger partial charge in [-0.3, -0.25) is 14.8 Å². The number of hydrogen-bond donors (Lipinski definition) is 2. The molecule has 0 spiro atoms. The van der Waals surface area contributed by atoms with Crippen molar-refractivity contribution in [3.05, 3.63) is 71.3 Å². The van der Waals surface area contributed by atoms with Gasteiger partial charge in [0.1, 0.15) is 0 Å². The minimum absolute atomic E-state index is 0.0613. The summed E-state index contributed by atoms with van der Waals surface area (Å²) in [5, 5.41) is 8.66. The number of benzene rings is 2. The van der Waals surface area contributed by atoms with Crippen molar-refractivity contribution in [2.45, 2.75) is 12.8 Å². The molecule has 1 fully saturated rings. The van der Waals surface area contributed by atoms with Crippen LogP contribution in [0.15, 0.2) is 54.6 Å². The van der Waals surface area contributed by atoms with Crippen LogP contribution >= 0.6 is 0 Å². The molecule has 4 rings (SSSR count). The van der Waals surface area contributed by atoms with Gasteiger partial charge in [0.15, 0.2) is 0 Å². The highest BCUT2D eigenvalue weighted by Crippen LogP contribution is 2.29. The van der Waals surface area contributed by atoms with E-state index >= 15 is 0 Å². The number of anilines is 1. The van der Waals surface area contributed by atoms with E-state index in [0.717, 1.165) is 37.2 Å². The number of carbonyl (C=O) groups excluding carboxylic acids is 2. The molecule has 0 aromatic heterocycles. The summed E-state index contributed by atoms with van der Waals surface area (Å²) in [5.74, 6) is -0.243. The molecule has 1 aliphatic heterocycles. The van der Waals surface area contributed by atoms with Gasteiger partial charge in [-0.25, -0.2) is 5.48 Å². The Balaban J connectivity index is 1.38. The van der Waals surface area contributed by atoms with Crippen LogP contribution in [-0.2, 0) is 22.4 Å². The van der Waals surface area contributed by atoms with E-state index in [2.05, 4.69) is 17.0 Å². The van der Waals surface area contributed by atoms with Gasteiger partial charge in [-0.15, -0.1) is 0 Å². The predicted molar refractivity (Wildman–Crippen MR) is 112 cm³/mol. The van der Waals surface area contributed by atoms with Gasteiger partial charge >= 0.3 is 0 Å². The fraction of sp³-hybridized carbons (Fsp3) is 0.304. The van der Waals surface area contributed by atoms with Gasteiger partial charge in [0.2, 0.25) is 5.91 Å². The lowest BCUT2D eigenvalue weighted by atomic mass is 10.0. The summed E-state index contributed by atoms with van der Waals surface area (Å²) >= 11 is 0. The SMILES string of the molecule is O=C(C=Cc1ccccc1N1CCN(C(=O)C2Cc3ccccc3C2)CC1)NO. The van der Waals surface area contributed by atoms with Gasteiger partial charge in [0, 0.05) is 43.9 Å². The molecule has 0 radical (unpaired) electrons. The van der Waals surface area contributed by atoms with Crippen molar-refractivity contribution in [3.63, 3.8) is 0 Å². The Hall–Kier alpha value is -3.12. The van der Waals surface area contributed by atoms with Gasteiger partial charge in [-0.2, -0.15) is 0 Å². The maximum absolute atomic E-state index is 13.0. The van der Waals surface area contributed by atoms with E-state index in [9.17, 15) is 9.59 Å². The average molecular weight is 391 g/mol. The summed E-state index contributed by atoms with van der Waals surface area (Å²) in [6.45, 7) is 2.90. The zero-order valence-corrected chi connectivity index (χ0v) is 16.3. The fourth-order valence-corrected chi connectivity index (χ4v) is 4.28. The third-order valence-electron chi connectivity index (χ3n) is 5.79. The number of hydrogen-bond acceptors (Lipinski definition) is 4. The molecule has 0 bridgehead atoms. The quantitative estimate of drug-likeness (QED) is 0.476. The second-order valence-corrected chi connectivity index (χ2v) is 7.55. The maximum atomic E-state index is 13.0. The molecule has 0 saturated carbocycles. The molecule has 2 N–H and O–H groups in total. The van der Waals surface area contributed by atoms with Gasteiger partial charge in [-0.1, -0.05) is 42.5 Å². The van der Waals surface area contributed by atoms with Crippen LogP contribution in [0.2, 0.25) is 0 Å². The van der Waals surface area contributed by atoms with Crippen LogP contribution in [0.4, 0.5) is 5.69 Å². The number of nitrogens with one attached hydrogen (secondary N) is 1. The number of nitrogens with zero attached hydrogens (tertiary/aromatic N) is 2. The van der Waals surface area contributed by atoms with Gasteiger partial charge in [-0.05, 0) is 41.7 Å². The number of piperazine rings is 1.